The van der Waals surface area contributed by atoms with Gasteiger partial charge in [-0.15, -0.1) is 0 Å². The maximum atomic E-state index is 12.5. The van der Waals surface area contributed by atoms with Gasteiger partial charge in [-0.05, 0) is 49.4 Å². The lowest BCUT2D eigenvalue weighted by molar-refractivity contribution is -0.158. The highest BCUT2D eigenvalue weighted by Crippen LogP contribution is 2.32. The van der Waals surface area contributed by atoms with Gasteiger partial charge in [-0.2, -0.15) is 0 Å². The van der Waals surface area contributed by atoms with Gasteiger partial charge < -0.3 is 9.47 Å². The monoisotopic (exact) mass is 424 g/mol. The Labute approximate surface area is 185 Å². The highest BCUT2D eigenvalue weighted by molar-refractivity contribution is 5.75. The molecule has 0 aromatic carbocycles. The van der Waals surface area contributed by atoms with Crippen LogP contribution in [0, 0.1) is 22.7 Å². The van der Waals surface area contributed by atoms with E-state index in [0.717, 1.165) is 38.5 Å². The van der Waals surface area contributed by atoms with Gasteiger partial charge in [0.2, 0.25) is 0 Å². The molecule has 0 amide bonds. The molecule has 1 saturated carbocycles. The van der Waals surface area contributed by atoms with Crippen LogP contribution in [-0.2, 0) is 19.1 Å². The molecule has 0 unspecified atom stereocenters. The fraction of sp³-hybridized carbons (Fsp3) is 0.923. The lowest BCUT2D eigenvalue weighted by atomic mass is 9.82. The molecule has 1 rings (SSSR count). The van der Waals surface area contributed by atoms with Crippen molar-refractivity contribution < 1.29 is 19.1 Å². The van der Waals surface area contributed by atoms with Crippen LogP contribution in [0.5, 0.6) is 0 Å². The normalized spacial score (nSPS) is 20.1. The van der Waals surface area contributed by atoms with E-state index in [0.29, 0.717) is 13.2 Å². The van der Waals surface area contributed by atoms with Gasteiger partial charge in [0, 0.05) is 0 Å². The van der Waals surface area contributed by atoms with Crippen molar-refractivity contribution in [1.82, 2.24) is 0 Å². The quantitative estimate of drug-likeness (QED) is 0.220. The van der Waals surface area contributed by atoms with Crippen molar-refractivity contribution in [3.8, 4) is 0 Å². The van der Waals surface area contributed by atoms with Gasteiger partial charge in [0.15, 0.2) is 0 Å². The fourth-order valence-electron chi connectivity index (χ4n) is 4.18. The number of unbranched alkanes of at least 4 members (excludes halogenated alkanes) is 4. The smallest absolute Gasteiger partial charge is 0.308 e. The summed E-state index contributed by atoms with van der Waals surface area (Å²) in [4.78, 5) is 25.0. The Hall–Kier alpha value is -1.06. The van der Waals surface area contributed by atoms with Gasteiger partial charge in [0.05, 0.1) is 25.0 Å². The van der Waals surface area contributed by atoms with E-state index >= 15 is 0 Å². The second-order valence-electron chi connectivity index (χ2n) is 11.0. The molecule has 1 fully saturated rings. The highest BCUT2D eigenvalue weighted by Gasteiger charge is 2.33. The average Bonchev–Trinajstić information content (AvgIpc) is 2.71. The summed E-state index contributed by atoms with van der Waals surface area (Å²) in [6, 6.07) is 0. The van der Waals surface area contributed by atoms with Crippen molar-refractivity contribution in [2.45, 2.75) is 119 Å². The van der Waals surface area contributed by atoms with E-state index in [-0.39, 0.29) is 34.6 Å². The zero-order chi connectivity index (χ0) is 22.6. The maximum absolute atomic E-state index is 12.5. The van der Waals surface area contributed by atoms with E-state index in [2.05, 4.69) is 41.5 Å². The number of carbonyl (C=O) groups excluding carboxylic acids is 2. The average molecular weight is 425 g/mol. The molecule has 4 heteroatoms. The predicted molar refractivity (Wildman–Crippen MR) is 123 cm³/mol. The maximum Gasteiger partial charge on any atom is 0.308 e. The molecular weight excluding hydrogens is 376 g/mol. The van der Waals surface area contributed by atoms with Crippen molar-refractivity contribution >= 4 is 11.9 Å². The zero-order valence-corrected chi connectivity index (χ0v) is 20.7. The molecule has 0 radical (unpaired) electrons. The Morgan fingerprint density at radius 2 is 1.00 bits per heavy atom. The van der Waals surface area contributed by atoms with Crippen molar-refractivity contribution in [2.24, 2.45) is 22.7 Å². The van der Waals surface area contributed by atoms with Gasteiger partial charge in [0.1, 0.15) is 0 Å². The first kappa shape index (κ1) is 27.0. The van der Waals surface area contributed by atoms with Crippen LogP contribution in [0.2, 0.25) is 0 Å². The van der Waals surface area contributed by atoms with Gasteiger partial charge in [0.25, 0.3) is 0 Å². The van der Waals surface area contributed by atoms with Crippen LogP contribution in [0.4, 0.5) is 0 Å². The summed E-state index contributed by atoms with van der Waals surface area (Å²) in [7, 11) is 0. The Morgan fingerprint density at radius 3 is 1.30 bits per heavy atom. The third kappa shape index (κ3) is 10.8. The molecule has 0 aromatic rings. The minimum Gasteiger partial charge on any atom is -0.465 e. The standard InChI is InChI=1S/C26H48O4/c1-7-9-11-17-25(3,4)19-29-23(27)21-13-15-22(16-14-21)24(28)30-20-26(5,6)18-12-10-8-2/h21-22H,7-20H2,1-6H3. The first-order chi connectivity index (χ1) is 14.1. The van der Waals surface area contributed by atoms with Crippen LogP contribution < -0.4 is 0 Å². The highest BCUT2D eigenvalue weighted by atomic mass is 16.5. The van der Waals surface area contributed by atoms with Crippen molar-refractivity contribution in [1.29, 1.82) is 0 Å². The van der Waals surface area contributed by atoms with E-state index < -0.39 is 0 Å². The molecule has 0 N–H and O–H groups in total. The Bertz CT molecular complexity index is 455. The predicted octanol–water partition coefficient (Wildman–Crippen LogP) is 7.09. The van der Waals surface area contributed by atoms with Crippen molar-refractivity contribution in [2.75, 3.05) is 13.2 Å². The zero-order valence-electron chi connectivity index (χ0n) is 20.7. The van der Waals surface area contributed by atoms with Crippen LogP contribution in [0.1, 0.15) is 119 Å². The summed E-state index contributed by atoms with van der Waals surface area (Å²) in [5.41, 5.74) is 0.0749. The molecule has 0 spiro atoms. The van der Waals surface area contributed by atoms with Gasteiger partial charge in [-0.1, -0.05) is 80.1 Å². The van der Waals surface area contributed by atoms with Crippen LogP contribution in [-0.4, -0.2) is 25.2 Å². The van der Waals surface area contributed by atoms with Crippen LogP contribution >= 0.6 is 0 Å². The van der Waals surface area contributed by atoms with Crippen molar-refractivity contribution in [3.63, 3.8) is 0 Å². The number of ether oxygens (including phenoxy) is 2. The summed E-state index contributed by atoms with van der Waals surface area (Å²) < 4.78 is 11.3. The summed E-state index contributed by atoms with van der Waals surface area (Å²) in [6.07, 6.45) is 12.3. The fourth-order valence-corrected chi connectivity index (χ4v) is 4.18. The minimum absolute atomic E-state index is 0.0375. The Morgan fingerprint density at radius 1 is 0.667 bits per heavy atom. The van der Waals surface area contributed by atoms with E-state index in [4.69, 9.17) is 9.47 Å². The molecule has 30 heavy (non-hydrogen) atoms. The van der Waals surface area contributed by atoms with Crippen LogP contribution in [0.25, 0.3) is 0 Å². The van der Waals surface area contributed by atoms with Gasteiger partial charge in [-0.25, -0.2) is 0 Å². The molecule has 0 saturated heterocycles. The first-order valence-electron chi connectivity index (χ1n) is 12.4. The summed E-state index contributed by atoms with van der Waals surface area (Å²) in [6.45, 7) is 14.1. The Balaban J connectivity index is 2.31. The van der Waals surface area contributed by atoms with E-state index in [9.17, 15) is 9.59 Å². The lowest BCUT2D eigenvalue weighted by Gasteiger charge is -2.30. The van der Waals surface area contributed by atoms with Crippen molar-refractivity contribution in [3.05, 3.63) is 0 Å². The summed E-state index contributed by atoms with van der Waals surface area (Å²) in [5, 5.41) is 0. The third-order valence-electron chi connectivity index (χ3n) is 6.52. The molecule has 176 valence electrons. The number of rotatable bonds is 14. The molecule has 1 aliphatic rings. The molecule has 0 aliphatic heterocycles. The van der Waals surface area contributed by atoms with Gasteiger partial charge in [-0.3, -0.25) is 9.59 Å². The number of hydrogen-bond acceptors (Lipinski definition) is 4. The van der Waals surface area contributed by atoms with E-state index in [1.165, 1.54) is 38.5 Å². The second kappa shape index (κ2) is 13.4. The van der Waals surface area contributed by atoms with Gasteiger partial charge >= 0.3 is 11.9 Å². The lowest BCUT2D eigenvalue weighted by Crippen LogP contribution is -2.31. The van der Waals surface area contributed by atoms with E-state index in [1.807, 2.05) is 0 Å². The summed E-state index contributed by atoms with van der Waals surface area (Å²) >= 11 is 0. The first-order valence-corrected chi connectivity index (χ1v) is 12.4. The van der Waals surface area contributed by atoms with E-state index in [1.54, 1.807) is 0 Å². The molecule has 0 atom stereocenters. The largest absolute Gasteiger partial charge is 0.465 e. The molecule has 1 aliphatic carbocycles. The molecule has 0 aromatic heterocycles. The van der Waals surface area contributed by atoms with Crippen LogP contribution in [0.3, 0.4) is 0 Å². The SMILES string of the molecule is CCCCCC(C)(C)COC(=O)C1CCC(C(=O)OCC(C)(C)CCCCC)CC1. The Kier molecular flexibility index (Phi) is 12.0. The molecule has 0 bridgehead atoms. The van der Waals surface area contributed by atoms with Crippen LogP contribution in [0.15, 0.2) is 0 Å². The summed E-state index contributed by atoms with van der Waals surface area (Å²) in [5.74, 6) is -0.290. The topological polar surface area (TPSA) is 52.6 Å². The second-order valence-corrected chi connectivity index (χ2v) is 11.0. The minimum atomic E-state index is -0.0811. The number of hydrogen-bond donors (Lipinski definition) is 0. The third-order valence-corrected chi connectivity index (χ3v) is 6.52. The molecule has 0 heterocycles. The molecular formula is C26H48O4. The number of carbonyl (C=O) groups is 2. The molecule has 4 nitrogen and oxygen atoms in total. The number of esters is 2.